The van der Waals surface area contributed by atoms with Gasteiger partial charge in [0, 0.05) is 12.8 Å². The van der Waals surface area contributed by atoms with E-state index in [0.29, 0.717) is 5.78 Å². The lowest BCUT2D eigenvalue weighted by atomic mass is 10.0. The first kappa shape index (κ1) is 6.79. The van der Waals surface area contributed by atoms with Crippen LogP contribution in [0.2, 0.25) is 0 Å². The van der Waals surface area contributed by atoms with Crippen LogP contribution in [0, 0.1) is 6.42 Å². The fourth-order valence-corrected chi connectivity index (χ4v) is 1.16. The molecule has 0 N–H and O–H groups in total. The minimum absolute atomic E-state index is 0.461. The van der Waals surface area contributed by atoms with E-state index in [9.17, 15) is 4.79 Å². The number of carbonyl (C=O) groups excluding carboxylic acids is 1. The lowest BCUT2D eigenvalue weighted by molar-refractivity contribution is -0.119. The van der Waals surface area contributed by atoms with E-state index in [1.807, 2.05) is 0 Å². The fraction of sp³-hybridized carbons (Fsp3) is 0.750. The summed E-state index contributed by atoms with van der Waals surface area (Å²) in [5, 5.41) is 0. The van der Waals surface area contributed by atoms with Crippen molar-refractivity contribution in [3.05, 3.63) is 6.42 Å². The maximum absolute atomic E-state index is 10.8. The number of carbonyl (C=O) groups is 1. The van der Waals surface area contributed by atoms with E-state index in [2.05, 4.69) is 6.42 Å². The summed E-state index contributed by atoms with van der Waals surface area (Å²) < 4.78 is 0. The average molecular weight is 125 g/mol. The molecule has 1 fully saturated rings. The lowest BCUT2D eigenvalue weighted by Gasteiger charge is -2.05. The monoisotopic (exact) mass is 125 g/mol. The smallest absolute Gasteiger partial charge is 0.132 e. The molecule has 1 nitrogen and oxygen atoms in total. The van der Waals surface area contributed by atoms with Gasteiger partial charge >= 0.3 is 0 Å². The summed E-state index contributed by atoms with van der Waals surface area (Å²) in [6.07, 6.45) is 8.38. The van der Waals surface area contributed by atoms with Gasteiger partial charge in [-0.15, -0.1) is 0 Å². The van der Waals surface area contributed by atoms with Crippen LogP contribution in [0.5, 0.6) is 0 Å². The van der Waals surface area contributed by atoms with Crippen molar-refractivity contribution < 1.29 is 4.79 Å². The number of ketones is 1. The molecule has 0 bridgehead atoms. The minimum Gasteiger partial charge on any atom is -0.300 e. The molecule has 0 unspecified atom stereocenters. The van der Waals surface area contributed by atoms with E-state index in [1.165, 1.54) is 0 Å². The zero-order valence-corrected chi connectivity index (χ0v) is 5.73. The Hall–Kier alpha value is -0.330. The van der Waals surface area contributed by atoms with E-state index in [0.717, 1.165) is 38.5 Å². The molecule has 0 heterocycles. The lowest BCUT2D eigenvalue weighted by Crippen LogP contribution is -2.00. The number of rotatable bonds is 0. The topological polar surface area (TPSA) is 17.1 Å². The van der Waals surface area contributed by atoms with E-state index in [-0.39, 0.29) is 0 Å². The first-order valence-electron chi connectivity index (χ1n) is 3.73. The van der Waals surface area contributed by atoms with Crippen molar-refractivity contribution in [1.82, 2.24) is 0 Å². The van der Waals surface area contributed by atoms with Gasteiger partial charge in [0.25, 0.3) is 0 Å². The van der Waals surface area contributed by atoms with E-state index < -0.39 is 0 Å². The number of hydrogen-bond donors (Lipinski definition) is 0. The van der Waals surface area contributed by atoms with Gasteiger partial charge in [-0.2, -0.15) is 0 Å². The second-order valence-corrected chi connectivity index (χ2v) is 2.61. The molecule has 1 rings (SSSR count). The molecule has 0 spiro atoms. The Bertz CT molecular complexity index is 86.7. The maximum atomic E-state index is 10.8. The summed E-state index contributed by atoms with van der Waals surface area (Å²) in [5.74, 6) is 0.461. The zero-order chi connectivity index (χ0) is 6.53. The Kier molecular flexibility index (Phi) is 2.75. The maximum Gasteiger partial charge on any atom is 0.132 e. The standard InChI is InChI=1S/C8H13O/c9-8-6-4-2-1-3-5-7-8/h1H,2-7H2. The van der Waals surface area contributed by atoms with Gasteiger partial charge in [-0.1, -0.05) is 0 Å². The van der Waals surface area contributed by atoms with Crippen molar-refractivity contribution in [2.45, 2.75) is 38.5 Å². The van der Waals surface area contributed by atoms with Crippen LogP contribution >= 0.6 is 0 Å². The van der Waals surface area contributed by atoms with Crippen molar-refractivity contribution in [2.75, 3.05) is 0 Å². The SMILES string of the molecule is O=C1CCC[CH]CCC1. The summed E-state index contributed by atoms with van der Waals surface area (Å²) in [7, 11) is 0. The predicted molar refractivity (Wildman–Crippen MR) is 37.0 cm³/mol. The van der Waals surface area contributed by atoms with Gasteiger partial charge in [-0.25, -0.2) is 0 Å². The number of Topliss-reactive ketones (excluding diaryl/α,β-unsaturated/α-hetero) is 1. The fourth-order valence-electron chi connectivity index (χ4n) is 1.16. The van der Waals surface area contributed by atoms with Gasteiger partial charge in [0.2, 0.25) is 0 Å². The molecule has 0 atom stereocenters. The highest BCUT2D eigenvalue weighted by Crippen LogP contribution is 2.12. The van der Waals surface area contributed by atoms with Crippen molar-refractivity contribution in [3.63, 3.8) is 0 Å². The molecule has 0 aromatic heterocycles. The highest BCUT2D eigenvalue weighted by molar-refractivity contribution is 5.78. The largest absolute Gasteiger partial charge is 0.300 e. The van der Waals surface area contributed by atoms with Crippen LogP contribution in [0.3, 0.4) is 0 Å². The summed E-state index contributed by atoms with van der Waals surface area (Å²) >= 11 is 0. The quantitative estimate of drug-likeness (QED) is 0.484. The molecule has 1 heteroatoms. The second kappa shape index (κ2) is 3.65. The summed E-state index contributed by atoms with van der Waals surface area (Å²) in [4.78, 5) is 10.8. The molecule has 1 radical (unpaired) electrons. The van der Waals surface area contributed by atoms with Gasteiger partial charge in [0.1, 0.15) is 5.78 Å². The van der Waals surface area contributed by atoms with Gasteiger partial charge in [-0.3, -0.25) is 4.79 Å². The van der Waals surface area contributed by atoms with Crippen LogP contribution in [0.4, 0.5) is 0 Å². The Morgan fingerprint density at radius 1 is 1.11 bits per heavy atom. The third-order valence-electron chi connectivity index (χ3n) is 1.73. The molecule has 51 valence electrons. The van der Waals surface area contributed by atoms with Gasteiger partial charge in [0.05, 0.1) is 0 Å². The average Bonchev–Trinajstić information content (AvgIpc) is 1.79. The Balaban J connectivity index is 2.20. The minimum atomic E-state index is 0.461. The second-order valence-electron chi connectivity index (χ2n) is 2.61. The zero-order valence-electron chi connectivity index (χ0n) is 5.73. The summed E-state index contributed by atoms with van der Waals surface area (Å²) in [5.41, 5.74) is 0. The van der Waals surface area contributed by atoms with E-state index in [1.54, 1.807) is 0 Å². The molecule has 0 aromatic carbocycles. The Morgan fingerprint density at radius 3 is 2.22 bits per heavy atom. The molecule has 0 amide bonds. The van der Waals surface area contributed by atoms with Crippen LogP contribution in [0.25, 0.3) is 0 Å². The van der Waals surface area contributed by atoms with Crippen LogP contribution in [0.1, 0.15) is 38.5 Å². The molecular weight excluding hydrogens is 112 g/mol. The molecular formula is C8H13O. The molecule has 0 saturated heterocycles. The Morgan fingerprint density at radius 2 is 1.67 bits per heavy atom. The first-order valence-corrected chi connectivity index (χ1v) is 3.73. The number of hydrogen-bond acceptors (Lipinski definition) is 1. The first-order chi connectivity index (χ1) is 4.39. The molecule has 1 aliphatic carbocycles. The van der Waals surface area contributed by atoms with Gasteiger partial charge in [0.15, 0.2) is 0 Å². The van der Waals surface area contributed by atoms with Gasteiger partial charge < -0.3 is 0 Å². The molecule has 0 aliphatic heterocycles. The van der Waals surface area contributed by atoms with Crippen LogP contribution < -0.4 is 0 Å². The molecule has 9 heavy (non-hydrogen) atoms. The molecule has 0 aromatic rings. The third kappa shape index (κ3) is 2.64. The summed E-state index contributed by atoms with van der Waals surface area (Å²) in [6.45, 7) is 0. The van der Waals surface area contributed by atoms with E-state index in [4.69, 9.17) is 0 Å². The van der Waals surface area contributed by atoms with Crippen molar-refractivity contribution >= 4 is 5.78 Å². The van der Waals surface area contributed by atoms with Crippen molar-refractivity contribution in [1.29, 1.82) is 0 Å². The van der Waals surface area contributed by atoms with Crippen molar-refractivity contribution in [3.8, 4) is 0 Å². The molecule has 1 aliphatic rings. The van der Waals surface area contributed by atoms with Crippen LogP contribution in [-0.2, 0) is 4.79 Å². The summed E-state index contributed by atoms with van der Waals surface area (Å²) in [6, 6.07) is 0. The van der Waals surface area contributed by atoms with E-state index >= 15 is 0 Å². The highest BCUT2D eigenvalue weighted by atomic mass is 16.1. The predicted octanol–water partition coefficient (Wildman–Crippen LogP) is 2.11. The highest BCUT2D eigenvalue weighted by Gasteiger charge is 2.04. The Labute approximate surface area is 56.4 Å². The molecule has 1 saturated carbocycles. The van der Waals surface area contributed by atoms with Crippen LogP contribution in [0.15, 0.2) is 0 Å². The third-order valence-corrected chi connectivity index (χ3v) is 1.73. The van der Waals surface area contributed by atoms with Crippen molar-refractivity contribution in [2.24, 2.45) is 0 Å². The van der Waals surface area contributed by atoms with Crippen LogP contribution in [-0.4, -0.2) is 5.78 Å². The normalized spacial score (nSPS) is 22.9. The van der Waals surface area contributed by atoms with Gasteiger partial charge in [-0.05, 0) is 32.1 Å².